The lowest BCUT2D eigenvalue weighted by atomic mass is 10.0. The number of carbonyl (C=O) groups excluding carboxylic acids is 4. The number of nitrogens with one attached hydrogen (secondary N) is 3. The molecule has 0 spiro atoms. The average molecular weight is 514 g/mol. The van der Waals surface area contributed by atoms with E-state index in [9.17, 15) is 19.2 Å². The number of aromatic nitrogens is 4. The number of anilines is 1. The predicted molar refractivity (Wildman–Crippen MR) is 135 cm³/mol. The van der Waals surface area contributed by atoms with Gasteiger partial charge in [0.2, 0.25) is 0 Å². The number of ketones is 1. The summed E-state index contributed by atoms with van der Waals surface area (Å²) in [6, 6.07) is 13.1. The normalized spacial score (nSPS) is 13.2. The number of benzene rings is 2. The van der Waals surface area contributed by atoms with Crippen LogP contribution in [0.25, 0.3) is 5.78 Å². The SMILES string of the molecule is CC(=O)c1ccc([C@H](C)NC(=O)c2cc(C(=O)NCc3ccc4c(c3)NC(=O)CO4)nc3ncnn23)cc1. The van der Waals surface area contributed by atoms with Gasteiger partial charge in [0.05, 0.1) is 11.7 Å². The Morgan fingerprint density at radius 2 is 1.89 bits per heavy atom. The second kappa shape index (κ2) is 10.1. The molecule has 38 heavy (non-hydrogen) atoms. The van der Waals surface area contributed by atoms with E-state index in [2.05, 4.69) is 31.0 Å². The first kappa shape index (κ1) is 24.6. The third-order valence-electron chi connectivity index (χ3n) is 6.01. The Balaban J connectivity index is 1.31. The summed E-state index contributed by atoms with van der Waals surface area (Å²) in [7, 11) is 0. The Kier molecular flexibility index (Phi) is 6.52. The summed E-state index contributed by atoms with van der Waals surface area (Å²) in [5, 5.41) is 12.4. The summed E-state index contributed by atoms with van der Waals surface area (Å²) in [6.45, 7) is 3.40. The summed E-state index contributed by atoms with van der Waals surface area (Å²) >= 11 is 0. The monoisotopic (exact) mass is 513 g/mol. The summed E-state index contributed by atoms with van der Waals surface area (Å²) in [5.41, 5.74) is 2.71. The Hall–Kier alpha value is -5.13. The van der Waals surface area contributed by atoms with Crippen LogP contribution >= 0.6 is 0 Å². The Bertz CT molecular complexity index is 1580. The fourth-order valence-electron chi connectivity index (χ4n) is 3.96. The maximum absolute atomic E-state index is 13.2. The van der Waals surface area contributed by atoms with Crippen LogP contribution in [-0.2, 0) is 11.3 Å². The van der Waals surface area contributed by atoms with Crippen molar-refractivity contribution in [3.05, 3.63) is 82.9 Å². The number of hydrogen-bond donors (Lipinski definition) is 3. The van der Waals surface area contributed by atoms with E-state index in [1.807, 2.05) is 0 Å². The van der Waals surface area contributed by atoms with Crippen molar-refractivity contribution >= 4 is 35.0 Å². The fraction of sp³-hybridized carbons (Fsp3) is 0.192. The fourth-order valence-corrected chi connectivity index (χ4v) is 3.96. The first-order chi connectivity index (χ1) is 18.3. The number of amides is 3. The average Bonchev–Trinajstić information content (AvgIpc) is 3.39. The van der Waals surface area contributed by atoms with E-state index in [0.717, 1.165) is 11.1 Å². The molecule has 1 atom stereocenters. The number of Topliss-reactive ketones (excluding diaryl/α,β-unsaturated/α-hetero) is 1. The molecule has 0 saturated carbocycles. The minimum Gasteiger partial charge on any atom is -0.482 e. The van der Waals surface area contributed by atoms with Crippen LogP contribution in [0.3, 0.4) is 0 Å². The molecule has 3 heterocycles. The van der Waals surface area contributed by atoms with Gasteiger partial charge in [0.25, 0.3) is 23.5 Å². The molecule has 2 aromatic carbocycles. The molecule has 0 unspecified atom stereocenters. The largest absolute Gasteiger partial charge is 0.482 e. The standard InChI is InChI=1S/C26H23N7O5/c1-14(17-4-6-18(7-5-17)15(2)34)30-25(37)21-10-20(32-26-28-13-29-33(21)26)24(36)27-11-16-3-8-22-19(9-16)31-23(35)12-38-22/h3-10,13-14H,11-12H2,1-2H3,(H,27,36)(H,30,37)(H,31,35)/t14-/m0/s1. The van der Waals surface area contributed by atoms with Crippen molar-refractivity contribution in [1.82, 2.24) is 30.2 Å². The Morgan fingerprint density at radius 3 is 2.66 bits per heavy atom. The molecular formula is C26H23N7O5. The van der Waals surface area contributed by atoms with Gasteiger partial charge >= 0.3 is 0 Å². The van der Waals surface area contributed by atoms with Crippen molar-refractivity contribution in [2.45, 2.75) is 26.4 Å². The lowest BCUT2D eigenvalue weighted by Gasteiger charge is -2.18. The number of ether oxygens (including phenoxy) is 1. The highest BCUT2D eigenvalue weighted by atomic mass is 16.5. The van der Waals surface area contributed by atoms with E-state index < -0.39 is 11.8 Å². The molecule has 12 nitrogen and oxygen atoms in total. The van der Waals surface area contributed by atoms with Gasteiger partial charge < -0.3 is 20.7 Å². The van der Waals surface area contributed by atoms with E-state index in [0.29, 0.717) is 17.0 Å². The van der Waals surface area contributed by atoms with Gasteiger partial charge in [0, 0.05) is 18.2 Å². The molecule has 4 aromatic rings. The zero-order valence-corrected chi connectivity index (χ0v) is 20.5. The van der Waals surface area contributed by atoms with Crippen LogP contribution in [0.4, 0.5) is 5.69 Å². The van der Waals surface area contributed by atoms with Gasteiger partial charge in [-0.1, -0.05) is 30.3 Å². The van der Waals surface area contributed by atoms with Crippen molar-refractivity contribution in [3.63, 3.8) is 0 Å². The van der Waals surface area contributed by atoms with Crippen LogP contribution in [0.5, 0.6) is 5.75 Å². The van der Waals surface area contributed by atoms with Gasteiger partial charge in [-0.15, -0.1) is 0 Å². The molecule has 0 bridgehead atoms. The van der Waals surface area contributed by atoms with Crippen molar-refractivity contribution in [2.24, 2.45) is 0 Å². The second-order valence-electron chi connectivity index (χ2n) is 8.72. The topological polar surface area (TPSA) is 157 Å². The molecule has 3 N–H and O–H groups in total. The lowest BCUT2D eigenvalue weighted by Crippen LogP contribution is -2.30. The third-order valence-corrected chi connectivity index (χ3v) is 6.01. The molecule has 192 valence electrons. The highest BCUT2D eigenvalue weighted by Gasteiger charge is 2.21. The second-order valence-corrected chi connectivity index (χ2v) is 8.72. The van der Waals surface area contributed by atoms with Gasteiger partial charge in [-0.05, 0) is 37.1 Å². The van der Waals surface area contributed by atoms with Gasteiger partial charge in [-0.3, -0.25) is 19.2 Å². The molecule has 0 radical (unpaired) electrons. The van der Waals surface area contributed by atoms with Crippen LogP contribution < -0.4 is 20.7 Å². The molecule has 0 aliphatic carbocycles. The first-order valence-electron chi connectivity index (χ1n) is 11.7. The maximum atomic E-state index is 13.2. The van der Waals surface area contributed by atoms with Crippen LogP contribution in [0.2, 0.25) is 0 Å². The van der Waals surface area contributed by atoms with E-state index in [4.69, 9.17) is 4.74 Å². The Labute approximate surface area is 216 Å². The molecule has 0 fully saturated rings. The van der Waals surface area contributed by atoms with E-state index in [1.54, 1.807) is 49.4 Å². The summed E-state index contributed by atoms with van der Waals surface area (Å²) in [6.07, 6.45) is 1.24. The predicted octanol–water partition coefficient (Wildman–Crippen LogP) is 2.08. The van der Waals surface area contributed by atoms with Crippen molar-refractivity contribution < 1.29 is 23.9 Å². The molecule has 0 saturated heterocycles. The quantitative estimate of drug-likeness (QED) is 0.317. The minimum absolute atomic E-state index is 0.0105. The summed E-state index contributed by atoms with van der Waals surface area (Å²) in [5.74, 6) is -0.649. The Morgan fingerprint density at radius 1 is 1.11 bits per heavy atom. The molecule has 5 rings (SSSR count). The van der Waals surface area contributed by atoms with Crippen molar-refractivity contribution in [3.8, 4) is 5.75 Å². The lowest BCUT2D eigenvalue weighted by molar-refractivity contribution is -0.118. The van der Waals surface area contributed by atoms with E-state index >= 15 is 0 Å². The zero-order chi connectivity index (χ0) is 26.8. The minimum atomic E-state index is -0.518. The molecule has 2 aromatic heterocycles. The molecule has 1 aliphatic heterocycles. The molecular weight excluding hydrogens is 490 g/mol. The summed E-state index contributed by atoms with van der Waals surface area (Å²) in [4.78, 5) is 57.5. The van der Waals surface area contributed by atoms with Crippen molar-refractivity contribution in [1.29, 1.82) is 0 Å². The smallest absolute Gasteiger partial charge is 0.270 e. The van der Waals surface area contributed by atoms with Crippen LogP contribution in [0.15, 0.2) is 54.9 Å². The maximum Gasteiger partial charge on any atom is 0.270 e. The first-order valence-corrected chi connectivity index (χ1v) is 11.7. The van der Waals surface area contributed by atoms with Gasteiger partial charge in [0.1, 0.15) is 23.5 Å². The van der Waals surface area contributed by atoms with Gasteiger partial charge in [-0.2, -0.15) is 14.6 Å². The van der Waals surface area contributed by atoms with Crippen LogP contribution in [0, 0.1) is 0 Å². The molecule has 3 amide bonds. The number of hydrogen-bond acceptors (Lipinski definition) is 8. The van der Waals surface area contributed by atoms with E-state index in [-0.39, 0.29) is 48.0 Å². The van der Waals surface area contributed by atoms with Crippen LogP contribution in [0.1, 0.15) is 62.4 Å². The van der Waals surface area contributed by atoms with E-state index in [1.165, 1.54) is 23.8 Å². The highest BCUT2D eigenvalue weighted by molar-refractivity contribution is 5.98. The van der Waals surface area contributed by atoms with Gasteiger partial charge in [-0.25, -0.2) is 4.98 Å². The number of fused-ring (bicyclic) bond motifs is 2. The molecule has 1 aliphatic rings. The van der Waals surface area contributed by atoms with Crippen molar-refractivity contribution in [2.75, 3.05) is 11.9 Å². The molecule has 12 heteroatoms. The zero-order valence-electron chi connectivity index (χ0n) is 20.5. The highest BCUT2D eigenvalue weighted by Crippen LogP contribution is 2.28. The number of rotatable bonds is 7. The summed E-state index contributed by atoms with van der Waals surface area (Å²) < 4.78 is 6.60. The van der Waals surface area contributed by atoms with Gasteiger partial charge in [0.15, 0.2) is 12.4 Å². The van der Waals surface area contributed by atoms with Crippen LogP contribution in [-0.4, -0.2) is 49.7 Å². The number of carbonyl (C=O) groups is 4. The number of nitrogens with zero attached hydrogens (tertiary/aromatic N) is 4. The third kappa shape index (κ3) is 5.05.